The van der Waals surface area contributed by atoms with E-state index in [1.807, 2.05) is 6.92 Å². The summed E-state index contributed by atoms with van der Waals surface area (Å²) in [5, 5.41) is 0. The topological polar surface area (TPSA) is 37.4 Å². The molecule has 1 aliphatic rings. The summed E-state index contributed by atoms with van der Waals surface area (Å²) in [7, 11) is 0. The average molecular weight is 206 g/mol. The Bertz CT molecular complexity index is 181. The molecule has 0 aromatic heterocycles. The number of carbonyl (C=O) groups excluding carboxylic acids is 2. The fourth-order valence-corrected chi connectivity index (χ4v) is 1.40. The second kappa shape index (κ2) is 2.70. The van der Waals surface area contributed by atoms with Gasteiger partial charge in [-0.1, -0.05) is 6.92 Å². The van der Waals surface area contributed by atoms with Crippen LogP contribution in [-0.4, -0.2) is 15.7 Å². The summed E-state index contributed by atoms with van der Waals surface area (Å²) in [6.45, 7) is 1.82. The molecule has 1 heterocycles. The standard InChI is InChI=1S/C6H8BrNO2/c1-4-2-3-5(9)8(7)6(4)10/h4H,2-3H2,1H3. The largest absolute Gasteiger partial charge is 0.274 e. The molecule has 3 nitrogen and oxygen atoms in total. The lowest BCUT2D eigenvalue weighted by atomic mass is 10.0. The summed E-state index contributed by atoms with van der Waals surface area (Å²) < 4.78 is 1.03. The Labute approximate surface area is 67.7 Å². The summed E-state index contributed by atoms with van der Waals surface area (Å²) in [5.41, 5.74) is 0. The molecule has 0 saturated carbocycles. The highest BCUT2D eigenvalue weighted by Gasteiger charge is 2.29. The predicted octanol–water partition coefficient (Wildman–Crippen LogP) is 1.08. The minimum absolute atomic E-state index is 0.0166. The van der Waals surface area contributed by atoms with Gasteiger partial charge >= 0.3 is 0 Å². The number of carbonyl (C=O) groups is 2. The molecular weight excluding hydrogens is 198 g/mol. The molecule has 0 aromatic carbocycles. The van der Waals surface area contributed by atoms with Crippen molar-refractivity contribution >= 4 is 28.0 Å². The van der Waals surface area contributed by atoms with Crippen LogP contribution in [0.4, 0.5) is 0 Å². The SMILES string of the molecule is CC1CCC(=O)N(Br)C1=O. The first-order valence-corrected chi connectivity index (χ1v) is 3.86. The summed E-state index contributed by atoms with van der Waals surface area (Å²) in [6.07, 6.45) is 1.15. The van der Waals surface area contributed by atoms with Gasteiger partial charge in [0.25, 0.3) is 0 Å². The molecule has 2 amide bonds. The zero-order valence-corrected chi connectivity index (χ0v) is 7.22. The summed E-state index contributed by atoms with van der Waals surface area (Å²) in [4.78, 5) is 21.8. The van der Waals surface area contributed by atoms with E-state index in [1.165, 1.54) is 0 Å². The van der Waals surface area contributed by atoms with Crippen molar-refractivity contribution in [3.05, 3.63) is 0 Å². The van der Waals surface area contributed by atoms with E-state index in [0.29, 0.717) is 12.8 Å². The third kappa shape index (κ3) is 1.21. The Morgan fingerprint density at radius 3 is 2.70 bits per heavy atom. The Balaban J connectivity index is 2.70. The first-order valence-electron chi connectivity index (χ1n) is 3.15. The molecule has 56 valence electrons. The molecule has 10 heavy (non-hydrogen) atoms. The molecular formula is C6H8BrNO2. The lowest BCUT2D eigenvalue weighted by Crippen LogP contribution is -2.37. The molecule has 0 aliphatic carbocycles. The second-order valence-corrected chi connectivity index (χ2v) is 3.16. The Morgan fingerprint density at radius 1 is 1.60 bits per heavy atom. The lowest BCUT2D eigenvalue weighted by Gasteiger charge is -2.22. The van der Waals surface area contributed by atoms with Gasteiger partial charge in [-0.05, 0) is 6.42 Å². The monoisotopic (exact) mass is 205 g/mol. The van der Waals surface area contributed by atoms with Crippen molar-refractivity contribution in [1.29, 1.82) is 0 Å². The van der Waals surface area contributed by atoms with Gasteiger partial charge in [-0.2, -0.15) is 0 Å². The van der Waals surface area contributed by atoms with Gasteiger partial charge in [-0.15, -0.1) is 0 Å². The van der Waals surface area contributed by atoms with Crippen LogP contribution in [0.2, 0.25) is 0 Å². The minimum Gasteiger partial charge on any atom is -0.274 e. The predicted molar refractivity (Wildman–Crippen MR) is 39.2 cm³/mol. The number of rotatable bonds is 0. The molecule has 1 unspecified atom stereocenters. The number of halogens is 1. The number of nitrogens with zero attached hydrogens (tertiary/aromatic N) is 1. The third-order valence-corrected chi connectivity index (χ3v) is 2.37. The number of piperidine rings is 1. The minimum atomic E-state index is -0.136. The molecule has 1 aliphatic heterocycles. The van der Waals surface area contributed by atoms with Crippen molar-refractivity contribution in [2.45, 2.75) is 19.8 Å². The van der Waals surface area contributed by atoms with Crippen molar-refractivity contribution in [2.75, 3.05) is 0 Å². The first-order chi connectivity index (χ1) is 4.63. The quantitative estimate of drug-likeness (QED) is 0.439. The van der Waals surface area contributed by atoms with Crippen LogP contribution in [0.25, 0.3) is 0 Å². The molecule has 0 aromatic rings. The van der Waals surface area contributed by atoms with Crippen molar-refractivity contribution in [2.24, 2.45) is 5.92 Å². The third-order valence-electron chi connectivity index (χ3n) is 1.63. The van der Waals surface area contributed by atoms with E-state index >= 15 is 0 Å². The fourth-order valence-electron chi connectivity index (χ4n) is 0.878. The Morgan fingerprint density at radius 2 is 2.20 bits per heavy atom. The van der Waals surface area contributed by atoms with E-state index in [9.17, 15) is 9.59 Å². The molecule has 1 rings (SSSR count). The highest BCUT2D eigenvalue weighted by molar-refractivity contribution is 9.08. The van der Waals surface area contributed by atoms with Crippen LogP contribution < -0.4 is 0 Å². The number of hydrogen-bond acceptors (Lipinski definition) is 2. The van der Waals surface area contributed by atoms with Gasteiger partial charge < -0.3 is 0 Å². The summed E-state index contributed by atoms with van der Waals surface area (Å²) in [5.74, 6) is -0.281. The zero-order valence-electron chi connectivity index (χ0n) is 5.63. The summed E-state index contributed by atoms with van der Waals surface area (Å²) >= 11 is 2.89. The average Bonchev–Trinajstić information content (AvgIpc) is 1.93. The van der Waals surface area contributed by atoms with E-state index in [4.69, 9.17) is 0 Å². The second-order valence-electron chi connectivity index (χ2n) is 2.45. The number of amides is 2. The van der Waals surface area contributed by atoms with Crippen molar-refractivity contribution in [3.63, 3.8) is 0 Å². The Kier molecular flexibility index (Phi) is 2.08. The van der Waals surface area contributed by atoms with Crippen LogP contribution in [0.3, 0.4) is 0 Å². The fraction of sp³-hybridized carbons (Fsp3) is 0.667. The van der Waals surface area contributed by atoms with Gasteiger partial charge in [0, 0.05) is 12.3 Å². The summed E-state index contributed by atoms with van der Waals surface area (Å²) in [6, 6.07) is 0. The van der Waals surface area contributed by atoms with Crippen LogP contribution in [0.1, 0.15) is 19.8 Å². The maximum Gasteiger partial charge on any atom is 0.242 e. The molecule has 0 spiro atoms. The number of imide groups is 1. The van der Waals surface area contributed by atoms with Crippen molar-refractivity contribution in [3.8, 4) is 0 Å². The normalized spacial score (nSPS) is 27.4. The van der Waals surface area contributed by atoms with Crippen LogP contribution in [0.5, 0.6) is 0 Å². The van der Waals surface area contributed by atoms with Crippen molar-refractivity contribution < 1.29 is 9.59 Å². The zero-order chi connectivity index (χ0) is 7.72. The van der Waals surface area contributed by atoms with Crippen LogP contribution in [0, 0.1) is 5.92 Å². The van der Waals surface area contributed by atoms with E-state index < -0.39 is 0 Å². The van der Waals surface area contributed by atoms with Gasteiger partial charge in [-0.25, -0.2) is 3.93 Å². The molecule has 1 fully saturated rings. The van der Waals surface area contributed by atoms with Crippen LogP contribution in [-0.2, 0) is 9.59 Å². The van der Waals surface area contributed by atoms with Gasteiger partial charge in [0.15, 0.2) is 0 Å². The molecule has 4 heteroatoms. The Hall–Kier alpha value is -0.380. The lowest BCUT2D eigenvalue weighted by molar-refractivity contribution is -0.143. The van der Waals surface area contributed by atoms with Crippen LogP contribution >= 0.6 is 16.1 Å². The van der Waals surface area contributed by atoms with E-state index in [0.717, 1.165) is 3.93 Å². The van der Waals surface area contributed by atoms with E-state index in [-0.39, 0.29) is 17.7 Å². The maximum atomic E-state index is 11.0. The molecule has 1 atom stereocenters. The van der Waals surface area contributed by atoms with Gasteiger partial charge in [0.1, 0.15) is 0 Å². The molecule has 0 bridgehead atoms. The molecule has 0 N–H and O–H groups in total. The highest BCUT2D eigenvalue weighted by Crippen LogP contribution is 2.20. The first kappa shape index (κ1) is 7.72. The smallest absolute Gasteiger partial charge is 0.242 e. The van der Waals surface area contributed by atoms with Gasteiger partial charge in [0.2, 0.25) is 11.8 Å². The number of hydrogen-bond donors (Lipinski definition) is 0. The molecule has 1 saturated heterocycles. The van der Waals surface area contributed by atoms with Crippen molar-refractivity contribution in [1.82, 2.24) is 3.93 Å². The maximum absolute atomic E-state index is 11.0. The molecule has 0 radical (unpaired) electrons. The van der Waals surface area contributed by atoms with Crippen LogP contribution in [0.15, 0.2) is 0 Å². The highest BCUT2D eigenvalue weighted by atomic mass is 79.9. The van der Waals surface area contributed by atoms with E-state index in [2.05, 4.69) is 16.1 Å². The van der Waals surface area contributed by atoms with Gasteiger partial charge in [0.05, 0.1) is 16.1 Å². The van der Waals surface area contributed by atoms with Gasteiger partial charge in [-0.3, -0.25) is 9.59 Å². The van der Waals surface area contributed by atoms with E-state index in [1.54, 1.807) is 0 Å².